The second-order valence-electron chi connectivity index (χ2n) is 4.70. The highest BCUT2D eigenvalue weighted by molar-refractivity contribution is 6.30. The van der Waals surface area contributed by atoms with E-state index in [2.05, 4.69) is 47.1 Å². The summed E-state index contributed by atoms with van der Waals surface area (Å²) in [6.45, 7) is 6.11. The number of aryl methyl sites for hydroxylation is 1. The molecule has 0 saturated heterocycles. The highest BCUT2D eigenvalue weighted by atomic mass is 35.5. The third-order valence-corrected chi connectivity index (χ3v) is 3.45. The van der Waals surface area contributed by atoms with E-state index in [9.17, 15) is 0 Å². The molecule has 0 aliphatic heterocycles. The first-order valence-electron chi connectivity index (χ1n) is 6.70. The molecule has 1 aromatic carbocycles. The molecule has 2 rings (SSSR count). The molecule has 1 N–H and O–H groups in total. The van der Waals surface area contributed by atoms with Gasteiger partial charge in [-0.3, -0.25) is 4.68 Å². The van der Waals surface area contributed by atoms with E-state index in [1.807, 2.05) is 18.3 Å². The van der Waals surface area contributed by atoms with Gasteiger partial charge in [-0.25, -0.2) is 0 Å². The van der Waals surface area contributed by atoms with E-state index >= 15 is 0 Å². The van der Waals surface area contributed by atoms with Gasteiger partial charge in [0.1, 0.15) is 0 Å². The van der Waals surface area contributed by atoms with Gasteiger partial charge in [0, 0.05) is 30.4 Å². The van der Waals surface area contributed by atoms with Gasteiger partial charge in [-0.15, -0.1) is 0 Å². The molecule has 4 heteroatoms. The van der Waals surface area contributed by atoms with Gasteiger partial charge in [-0.05, 0) is 37.1 Å². The lowest BCUT2D eigenvalue weighted by Gasteiger charge is -2.15. The van der Waals surface area contributed by atoms with Crippen LogP contribution in [0.4, 0.5) is 0 Å². The Kier molecular flexibility index (Phi) is 5.00. The molecule has 102 valence electrons. The van der Waals surface area contributed by atoms with Crippen LogP contribution >= 0.6 is 11.6 Å². The van der Waals surface area contributed by atoms with Crippen LogP contribution in [-0.2, 0) is 13.1 Å². The molecular formula is C15H20ClN3. The number of benzene rings is 1. The van der Waals surface area contributed by atoms with Crippen molar-refractivity contribution in [1.29, 1.82) is 0 Å². The van der Waals surface area contributed by atoms with Crippen molar-refractivity contribution >= 4 is 11.6 Å². The number of rotatable bonds is 6. The number of aromatic nitrogens is 2. The zero-order chi connectivity index (χ0) is 13.7. The summed E-state index contributed by atoms with van der Waals surface area (Å²) in [5, 5.41) is 8.62. The first kappa shape index (κ1) is 14.1. The van der Waals surface area contributed by atoms with Crippen LogP contribution in [0.25, 0.3) is 0 Å². The maximum absolute atomic E-state index is 5.90. The summed E-state index contributed by atoms with van der Waals surface area (Å²) in [4.78, 5) is 0. The lowest BCUT2D eigenvalue weighted by atomic mass is 10.1. The van der Waals surface area contributed by atoms with Crippen molar-refractivity contribution in [2.75, 3.05) is 0 Å². The Bertz CT molecular complexity index is 504. The van der Waals surface area contributed by atoms with Gasteiger partial charge in [-0.1, -0.05) is 30.7 Å². The van der Waals surface area contributed by atoms with E-state index < -0.39 is 0 Å². The Morgan fingerprint density at radius 1 is 1.26 bits per heavy atom. The van der Waals surface area contributed by atoms with Crippen LogP contribution in [0.15, 0.2) is 36.5 Å². The molecule has 0 spiro atoms. The fourth-order valence-corrected chi connectivity index (χ4v) is 2.18. The van der Waals surface area contributed by atoms with Crippen LogP contribution < -0.4 is 5.32 Å². The lowest BCUT2D eigenvalue weighted by Crippen LogP contribution is -2.20. The normalized spacial score (nSPS) is 12.6. The van der Waals surface area contributed by atoms with Gasteiger partial charge in [0.15, 0.2) is 0 Å². The molecule has 2 aromatic rings. The number of hydrogen-bond acceptors (Lipinski definition) is 2. The molecule has 0 aliphatic rings. The molecule has 0 fully saturated rings. The summed E-state index contributed by atoms with van der Waals surface area (Å²) in [5.74, 6) is 0. The first-order valence-corrected chi connectivity index (χ1v) is 7.08. The smallest absolute Gasteiger partial charge is 0.0522 e. The molecule has 0 radical (unpaired) electrons. The SMILES string of the molecule is CCCn1nccc1CN[C@H](C)c1ccc(Cl)cc1. The van der Waals surface area contributed by atoms with Crippen LogP contribution in [-0.4, -0.2) is 9.78 Å². The predicted molar refractivity (Wildman–Crippen MR) is 79.2 cm³/mol. The second kappa shape index (κ2) is 6.73. The number of hydrogen-bond donors (Lipinski definition) is 1. The van der Waals surface area contributed by atoms with Gasteiger partial charge in [0.05, 0.1) is 5.69 Å². The van der Waals surface area contributed by atoms with E-state index in [1.165, 1.54) is 11.3 Å². The highest BCUT2D eigenvalue weighted by Gasteiger charge is 2.07. The summed E-state index contributed by atoms with van der Waals surface area (Å²) in [6.07, 6.45) is 2.96. The fourth-order valence-electron chi connectivity index (χ4n) is 2.05. The van der Waals surface area contributed by atoms with Crippen LogP contribution in [0, 0.1) is 0 Å². The molecule has 19 heavy (non-hydrogen) atoms. The van der Waals surface area contributed by atoms with Gasteiger partial charge in [0.2, 0.25) is 0 Å². The molecular weight excluding hydrogens is 258 g/mol. The van der Waals surface area contributed by atoms with Crippen molar-refractivity contribution in [3.63, 3.8) is 0 Å². The molecule has 1 atom stereocenters. The Morgan fingerprint density at radius 3 is 2.68 bits per heavy atom. The molecule has 0 aliphatic carbocycles. The molecule has 3 nitrogen and oxygen atoms in total. The summed E-state index contributed by atoms with van der Waals surface area (Å²) < 4.78 is 2.06. The summed E-state index contributed by atoms with van der Waals surface area (Å²) in [6, 6.07) is 10.3. The largest absolute Gasteiger partial charge is 0.305 e. The summed E-state index contributed by atoms with van der Waals surface area (Å²) >= 11 is 5.90. The Morgan fingerprint density at radius 2 is 2.00 bits per heavy atom. The monoisotopic (exact) mass is 277 g/mol. The van der Waals surface area contributed by atoms with Crippen molar-refractivity contribution in [2.45, 2.75) is 39.4 Å². The molecule has 1 aromatic heterocycles. The third kappa shape index (κ3) is 3.82. The molecule has 0 saturated carbocycles. The van der Waals surface area contributed by atoms with Crippen molar-refractivity contribution in [3.05, 3.63) is 52.8 Å². The molecule has 0 unspecified atom stereocenters. The molecule has 0 bridgehead atoms. The number of nitrogens with zero attached hydrogens (tertiary/aromatic N) is 2. The van der Waals surface area contributed by atoms with Crippen LogP contribution in [0.2, 0.25) is 5.02 Å². The lowest BCUT2D eigenvalue weighted by molar-refractivity contribution is 0.517. The van der Waals surface area contributed by atoms with Crippen molar-refractivity contribution in [3.8, 4) is 0 Å². The maximum Gasteiger partial charge on any atom is 0.0522 e. The minimum Gasteiger partial charge on any atom is -0.305 e. The third-order valence-electron chi connectivity index (χ3n) is 3.20. The highest BCUT2D eigenvalue weighted by Crippen LogP contribution is 2.16. The van der Waals surface area contributed by atoms with Crippen molar-refractivity contribution in [2.24, 2.45) is 0 Å². The zero-order valence-corrected chi connectivity index (χ0v) is 12.2. The minimum absolute atomic E-state index is 0.294. The van der Waals surface area contributed by atoms with E-state index in [4.69, 9.17) is 11.6 Å². The van der Waals surface area contributed by atoms with E-state index in [1.54, 1.807) is 0 Å². The minimum atomic E-state index is 0.294. The average Bonchev–Trinajstić information content (AvgIpc) is 2.85. The van der Waals surface area contributed by atoms with Gasteiger partial charge in [-0.2, -0.15) is 5.10 Å². The van der Waals surface area contributed by atoms with E-state index in [0.29, 0.717) is 6.04 Å². The molecule has 1 heterocycles. The average molecular weight is 278 g/mol. The topological polar surface area (TPSA) is 29.9 Å². The van der Waals surface area contributed by atoms with Crippen LogP contribution in [0.3, 0.4) is 0 Å². The first-order chi connectivity index (χ1) is 9.20. The number of halogens is 1. The van der Waals surface area contributed by atoms with Gasteiger partial charge in [0.25, 0.3) is 0 Å². The van der Waals surface area contributed by atoms with Crippen LogP contribution in [0.1, 0.15) is 37.6 Å². The van der Waals surface area contributed by atoms with Gasteiger partial charge < -0.3 is 5.32 Å². The Balaban J connectivity index is 1.94. The fraction of sp³-hybridized carbons (Fsp3) is 0.400. The predicted octanol–water partition coefficient (Wildman–Crippen LogP) is 3.80. The maximum atomic E-state index is 5.90. The van der Waals surface area contributed by atoms with Crippen molar-refractivity contribution in [1.82, 2.24) is 15.1 Å². The van der Waals surface area contributed by atoms with Crippen LogP contribution in [0.5, 0.6) is 0 Å². The zero-order valence-electron chi connectivity index (χ0n) is 11.4. The van der Waals surface area contributed by atoms with Gasteiger partial charge >= 0.3 is 0 Å². The summed E-state index contributed by atoms with van der Waals surface area (Å²) in [7, 11) is 0. The Labute approximate surface area is 119 Å². The summed E-state index contributed by atoms with van der Waals surface area (Å²) in [5.41, 5.74) is 2.47. The second-order valence-corrected chi connectivity index (χ2v) is 5.14. The number of nitrogens with one attached hydrogen (secondary N) is 1. The van der Waals surface area contributed by atoms with Crippen molar-refractivity contribution < 1.29 is 0 Å². The molecule has 0 amide bonds. The van der Waals surface area contributed by atoms with E-state index in [0.717, 1.165) is 24.5 Å². The van der Waals surface area contributed by atoms with E-state index in [-0.39, 0.29) is 0 Å². The standard InChI is InChI=1S/C15H20ClN3/c1-3-10-19-15(8-9-18-19)11-17-12(2)13-4-6-14(16)7-5-13/h4-9,12,17H,3,10-11H2,1-2H3/t12-/m1/s1. The Hall–Kier alpha value is -1.32. The quantitative estimate of drug-likeness (QED) is 0.870.